The van der Waals surface area contributed by atoms with Gasteiger partial charge in [-0.2, -0.15) is 0 Å². The van der Waals surface area contributed by atoms with Gasteiger partial charge in [0, 0.05) is 6.54 Å². The van der Waals surface area contributed by atoms with E-state index >= 15 is 0 Å². The molecule has 1 N–H and O–H groups in total. The van der Waals surface area contributed by atoms with Crippen LogP contribution < -0.4 is 5.32 Å². The number of carbonyl (C=O) groups is 1. The topological polar surface area (TPSA) is 32.3 Å². The van der Waals surface area contributed by atoms with Crippen LogP contribution in [0.3, 0.4) is 0 Å². The zero-order valence-electron chi connectivity index (χ0n) is 4.55. The molecule has 0 spiro atoms. The van der Waals surface area contributed by atoms with E-state index in [4.69, 9.17) is 0 Å². The van der Waals surface area contributed by atoms with Crippen molar-refractivity contribution in [2.45, 2.75) is 19.0 Å². The standard InChI is InChI=1S/C5H8N2O/c8-5-6-4-2-1-3-7(4)5/h4H,1-3H2,(H,6,8). The van der Waals surface area contributed by atoms with E-state index < -0.39 is 0 Å². The van der Waals surface area contributed by atoms with Crippen LogP contribution >= 0.6 is 0 Å². The summed E-state index contributed by atoms with van der Waals surface area (Å²) in [6.07, 6.45) is 2.72. The molecule has 0 radical (unpaired) electrons. The minimum atomic E-state index is 0.118. The number of hydrogen-bond acceptors (Lipinski definition) is 1. The SMILES string of the molecule is O=C1NC2CCCN12. The Morgan fingerprint density at radius 2 is 2.62 bits per heavy atom. The first-order chi connectivity index (χ1) is 3.88. The summed E-state index contributed by atoms with van der Waals surface area (Å²) in [4.78, 5) is 12.4. The van der Waals surface area contributed by atoms with Gasteiger partial charge in [0.2, 0.25) is 0 Å². The number of nitrogens with zero attached hydrogens (tertiary/aromatic N) is 1. The average Bonchev–Trinajstić information content (AvgIpc) is 2.09. The van der Waals surface area contributed by atoms with Gasteiger partial charge in [-0.25, -0.2) is 4.79 Å². The van der Waals surface area contributed by atoms with Gasteiger partial charge >= 0.3 is 6.03 Å². The Balaban J connectivity index is 2.11. The molecule has 2 aliphatic rings. The van der Waals surface area contributed by atoms with Gasteiger partial charge < -0.3 is 10.2 Å². The third-order valence-corrected chi connectivity index (χ3v) is 1.80. The van der Waals surface area contributed by atoms with Gasteiger partial charge in [0.15, 0.2) is 0 Å². The molecule has 8 heavy (non-hydrogen) atoms. The lowest BCUT2D eigenvalue weighted by molar-refractivity contribution is 0.134. The van der Waals surface area contributed by atoms with Gasteiger partial charge in [0.05, 0.1) is 0 Å². The predicted octanol–water partition coefficient (Wildman–Crippen LogP) is 0.131. The Hall–Kier alpha value is -0.730. The fourth-order valence-electron chi connectivity index (χ4n) is 1.32. The first kappa shape index (κ1) is 4.18. The summed E-state index contributed by atoms with van der Waals surface area (Å²) in [5, 5.41) is 2.79. The predicted molar refractivity (Wildman–Crippen MR) is 28.3 cm³/mol. The van der Waals surface area contributed by atoms with Crippen LogP contribution in [0.15, 0.2) is 0 Å². The highest BCUT2D eigenvalue weighted by molar-refractivity contribution is 5.80. The molecule has 0 aromatic rings. The largest absolute Gasteiger partial charge is 0.320 e. The number of rotatable bonds is 0. The van der Waals surface area contributed by atoms with Gasteiger partial charge in [-0.05, 0) is 12.8 Å². The van der Waals surface area contributed by atoms with Crippen LogP contribution in [-0.4, -0.2) is 23.6 Å². The highest BCUT2D eigenvalue weighted by Crippen LogP contribution is 2.21. The van der Waals surface area contributed by atoms with Gasteiger partial charge in [-0.1, -0.05) is 0 Å². The maximum absolute atomic E-state index is 10.5. The van der Waals surface area contributed by atoms with Crippen LogP contribution in [0.4, 0.5) is 4.79 Å². The minimum Gasteiger partial charge on any atom is -0.317 e. The summed E-state index contributed by atoms with van der Waals surface area (Å²) < 4.78 is 0. The van der Waals surface area contributed by atoms with Crippen molar-refractivity contribution in [1.29, 1.82) is 0 Å². The number of nitrogens with one attached hydrogen (secondary N) is 1. The first-order valence-electron chi connectivity index (χ1n) is 2.95. The lowest BCUT2D eigenvalue weighted by atomic mass is 10.3. The van der Waals surface area contributed by atoms with E-state index in [1.165, 1.54) is 6.42 Å². The molecule has 1 atom stereocenters. The molecule has 2 amide bonds. The van der Waals surface area contributed by atoms with Crippen LogP contribution in [0.2, 0.25) is 0 Å². The fourth-order valence-corrected chi connectivity index (χ4v) is 1.32. The molecule has 0 aromatic carbocycles. The van der Waals surface area contributed by atoms with Crippen LogP contribution in [0.5, 0.6) is 0 Å². The quantitative estimate of drug-likeness (QED) is 0.474. The molecule has 2 aliphatic heterocycles. The molecule has 3 nitrogen and oxygen atoms in total. The van der Waals surface area contributed by atoms with Crippen molar-refractivity contribution in [3.05, 3.63) is 0 Å². The summed E-state index contributed by atoms with van der Waals surface area (Å²) in [5.74, 6) is 0. The number of carbonyl (C=O) groups excluding carboxylic acids is 1. The highest BCUT2D eigenvalue weighted by atomic mass is 16.2. The van der Waals surface area contributed by atoms with Gasteiger partial charge in [-0.3, -0.25) is 0 Å². The van der Waals surface area contributed by atoms with E-state index in [1.54, 1.807) is 0 Å². The van der Waals surface area contributed by atoms with E-state index in [2.05, 4.69) is 5.32 Å². The molecule has 0 aliphatic carbocycles. The summed E-state index contributed by atoms with van der Waals surface area (Å²) >= 11 is 0. The van der Waals surface area contributed by atoms with Crippen LogP contribution in [-0.2, 0) is 0 Å². The minimum absolute atomic E-state index is 0.118. The lowest BCUT2D eigenvalue weighted by Crippen LogP contribution is -2.62. The monoisotopic (exact) mass is 112 g/mol. The molecule has 0 bridgehead atoms. The van der Waals surface area contributed by atoms with Crippen LogP contribution in [0.25, 0.3) is 0 Å². The van der Waals surface area contributed by atoms with Crippen molar-refractivity contribution < 1.29 is 4.79 Å². The third kappa shape index (κ3) is 0.322. The van der Waals surface area contributed by atoms with Crippen LogP contribution in [0.1, 0.15) is 12.8 Å². The average molecular weight is 112 g/mol. The molecular formula is C5H8N2O. The molecule has 44 valence electrons. The Labute approximate surface area is 47.7 Å². The van der Waals surface area contributed by atoms with E-state index in [9.17, 15) is 4.79 Å². The molecule has 0 saturated carbocycles. The first-order valence-corrected chi connectivity index (χ1v) is 2.95. The molecule has 2 rings (SSSR count). The Bertz CT molecular complexity index is 134. The summed E-state index contributed by atoms with van der Waals surface area (Å²) in [6, 6.07) is 0.118. The number of urea groups is 1. The molecule has 2 heterocycles. The number of amides is 2. The van der Waals surface area contributed by atoms with Crippen molar-refractivity contribution in [3.63, 3.8) is 0 Å². The smallest absolute Gasteiger partial charge is 0.317 e. The van der Waals surface area contributed by atoms with Crippen molar-refractivity contribution in [2.24, 2.45) is 0 Å². The molecule has 0 aromatic heterocycles. The van der Waals surface area contributed by atoms with E-state index in [-0.39, 0.29) is 6.03 Å². The van der Waals surface area contributed by atoms with E-state index in [0.717, 1.165) is 13.0 Å². The highest BCUT2D eigenvalue weighted by Gasteiger charge is 2.38. The van der Waals surface area contributed by atoms with Crippen molar-refractivity contribution in [1.82, 2.24) is 10.2 Å². The third-order valence-electron chi connectivity index (χ3n) is 1.80. The van der Waals surface area contributed by atoms with Crippen molar-refractivity contribution >= 4 is 6.03 Å². The van der Waals surface area contributed by atoms with Gasteiger partial charge in [-0.15, -0.1) is 0 Å². The summed E-state index contributed by atoms with van der Waals surface area (Å²) in [7, 11) is 0. The molecule has 2 fully saturated rings. The van der Waals surface area contributed by atoms with Gasteiger partial charge in [0.1, 0.15) is 6.17 Å². The van der Waals surface area contributed by atoms with Crippen LogP contribution in [0, 0.1) is 0 Å². The Morgan fingerprint density at radius 3 is 3.12 bits per heavy atom. The Morgan fingerprint density at radius 1 is 1.75 bits per heavy atom. The zero-order valence-corrected chi connectivity index (χ0v) is 4.55. The molecule has 3 heteroatoms. The van der Waals surface area contributed by atoms with Gasteiger partial charge in [0.25, 0.3) is 0 Å². The van der Waals surface area contributed by atoms with E-state index in [1.807, 2.05) is 4.90 Å². The number of hydrogen-bond donors (Lipinski definition) is 1. The van der Waals surface area contributed by atoms with Crippen molar-refractivity contribution in [2.75, 3.05) is 6.54 Å². The Kier molecular flexibility index (Phi) is 0.604. The van der Waals surface area contributed by atoms with Crippen molar-refractivity contribution in [3.8, 4) is 0 Å². The normalized spacial score (nSPS) is 33.8. The second kappa shape index (κ2) is 1.16. The van der Waals surface area contributed by atoms with E-state index in [0.29, 0.717) is 6.17 Å². The molecule has 1 unspecified atom stereocenters. The zero-order chi connectivity index (χ0) is 5.56. The molecular weight excluding hydrogens is 104 g/mol. The summed E-state index contributed by atoms with van der Waals surface area (Å²) in [5.41, 5.74) is 0. The summed E-state index contributed by atoms with van der Waals surface area (Å²) in [6.45, 7) is 0.969. The second-order valence-corrected chi connectivity index (χ2v) is 2.30. The number of fused-ring (bicyclic) bond motifs is 1. The maximum atomic E-state index is 10.5. The maximum Gasteiger partial charge on any atom is 0.320 e. The second-order valence-electron chi connectivity index (χ2n) is 2.30. The fraction of sp³-hybridized carbons (Fsp3) is 0.800. The lowest BCUT2D eigenvalue weighted by Gasteiger charge is -2.35. The molecule has 2 saturated heterocycles.